The number of fused-ring (bicyclic) bond motifs is 5. The summed E-state index contributed by atoms with van der Waals surface area (Å²) < 4.78 is 0. The maximum atomic E-state index is 13.9. The molecular weight excluding hydrogens is 440 g/mol. The van der Waals surface area contributed by atoms with Gasteiger partial charge in [0, 0.05) is 17.3 Å². The Morgan fingerprint density at radius 1 is 0.743 bits per heavy atom. The van der Waals surface area contributed by atoms with E-state index in [1.54, 1.807) is 48.5 Å². The number of carbonyl (C=O) groups is 4. The van der Waals surface area contributed by atoms with Gasteiger partial charge in [-0.1, -0.05) is 54.6 Å². The number of hydrogen-bond donors (Lipinski definition) is 0. The van der Waals surface area contributed by atoms with Crippen molar-refractivity contribution < 1.29 is 19.2 Å². The SMILES string of the molecule is CC(=O)c1ccc(N2C(=O)[C@@H]3[C@H](C2=O)[C@H]2c4ccccc4C=CN2[C@@H]3C(=O)c2ccccc2)cc1. The zero-order valence-corrected chi connectivity index (χ0v) is 19.0. The van der Waals surface area contributed by atoms with Crippen LogP contribution in [0.4, 0.5) is 5.69 Å². The van der Waals surface area contributed by atoms with Gasteiger partial charge in [-0.15, -0.1) is 0 Å². The molecule has 3 aliphatic heterocycles. The first-order valence-corrected chi connectivity index (χ1v) is 11.6. The lowest BCUT2D eigenvalue weighted by Gasteiger charge is -2.35. The van der Waals surface area contributed by atoms with Crippen molar-refractivity contribution in [2.75, 3.05) is 4.90 Å². The third-order valence-electron chi connectivity index (χ3n) is 7.32. The fraction of sp³-hybridized carbons (Fsp3) is 0.172. The Bertz CT molecular complexity index is 1410. The zero-order valence-electron chi connectivity index (χ0n) is 19.0. The lowest BCUT2D eigenvalue weighted by atomic mass is 9.83. The van der Waals surface area contributed by atoms with Gasteiger partial charge in [0.15, 0.2) is 11.6 Å². The quantitative estimate of drug-likeness (QED) is 0.427. The van der Waals surface area contributed by atoms with Crippen molar-refractivity contribution in [2.24, 2.45) is 11.8 Å². The van der Waals surface area contributed by atoms with Crippen LogP contribution in [0.1, 0.15) is 44.8 Å². The van der Waals surface area contributed by atoms with Gasteiger partial charge in [-0.3, -0.25) is 19.2 Å². The number of ketones is 2. The van der Waals surface area contributed by atoms with Crippen molar-refractivity contribution in [3.8, 4) is 0 Å². The van der Waals surface area contributed by atoms with Crippen molar-refractivity contribution in [3.05, 3.63) is 107 Å². The van der Waals surface area contributed by atoms with Gasteiger partial charge >= 0.3 is 0 Å². The lowest BCUT2D eigenvalue weighted by Crippen LogP contribution is -2.44. The van der Waals surface area contributed by atoms with E-state index in [1.807, 2.05) is 47.5 Å². The van der Waals surface area contributed by atoms with Crippen LogP contribution in [-0.2, 0) is 9.59 Å². The molecule has 4 atom stereocenters. The van der Waals surface area contributed by atoms with E-state index in [4.69, 9.17) is 0 Å². The molecule has 172 valence electrons. The third-order valence-corrected chi connectivity index (χ3v) is 7.32. The number of imide groups is 1. The molecule has 0 aromatic heterocycles. The molecule has 6 rings (SSSR count). The molecule has 0 saturated carbocycles. The van der Waals surface area contributed by atoms with Gasteiger partial charge in [-0.25, -0.2) is 4.90 Å². The van der Waals surface area contributed by atoms with Gasteiger partial charge in [0.05, 0.1) is 23.6 Å². The van der Waals surface area contributed by atoms with Gasteiger partial charge < -0.3 is 4.90 Å². The smallest absolute Gasteiger partial charge is 0.240 e. The maximum Gasteiger partial charge on any atom is 0.240 e. The Kier molecular flexibility index (Phi) is 4.78. The number of anilines is 1. The average molecular weight is 463 g/mol. The minimum absolute atomic E-state index is 0.0951. The van der Waals surface area contributed by atoms with E-state index in [0.29, 0.717) is 16.8 Å². The zero-order chi connectivity index (χ0) is 24.3. The van der Waals surface area contributed by atoms with Crippen LogP contribution >= 0.6 is 0 Å². The highest BCUT2D eigenvalue weighted by Gasteiger charge is 2.64. The molecule has 0 N–H and O–H groups in total. The molecule has 0 radical (unpaired) electrons. The molecule has 0 bridgehead atoms. The minimum Gasteiger partial charge on any atom is -0.358 e. The van der Waals surface area contributed by atoms with Crippen molar-refractivity contribution in [1.29, 1.82) is 0 Å². The molecule has 6 nitrogen and oxygen atoms in total. The molecule has 0 unspecified atom stereocenters. The summed E-state index contributed by atoms with van der Waals surface area (Å²) >= 11 is 0. The first-order chi connectivity index (χ1) is 17.0. The van der Waals surface area contributed by atoms with Crippen molar-refractivity contribution in [3.63, 3.8) is 0 Å². The van der Waals surface area contributed by atoms with Crippen LogP contribution in [0.5, 0.6) is 0 Å². The van der Waals surface area contributed by atoms with Crippen LogP contribution in [0.3, 0.4) is 0 Å². The Hall–Kier alpha value is -4.32. The number of Topliss-reactive ketones (excluding diaryl/α,β-unsaturated/α-hetero) is 2. The first-order valence-electron chi connectivity index (χ1n) is 11.6. The third kappa shape index (κ3) is 3.10. The van der Waals surface area contributed by atoms with Gasteiger partial charge in [0.1, 0.15) is 6.04 Å². The topological polar surface area (TPSA) is 74.8 Å². The minimum atomic E-state index is -0.816. The molecule has 35 heavy (non-hydrogen) atoms. The van der Waals surface area contributed by atoms with E-state index in [1.165, 1.54) is 11.8 Å². The molecule has 2 amide bonds. The standard InChI is InChI=1S/C29H22N2O4/c1-17(32)18-11-13-21(14-12-18)31-28(34)23-24(29(31)35)26(27(33)20-8-3-2-4-9-20)30-16-15-19-7-5-6-10-22(19)25(23)30/h2-16,23-26H,1H3/t23-,24+,25+,26-/m0/s1. The number of hydrogen-bond acceptors (Lipinski definition) is 5. The van der Waals surface area contributed by atoms with E-state index in [9.17, 15) is 19.2 Å². The lowest BCUT2D eigenvalue weighted by molar-refractivity contribution is -0.123. The predicted octanol–water partition coefficient (Wildman–Crippen LogP) is 4.29. The molecular formula is C29H22N2O4. The molecule has 6 heteroatoms. The summed E-state index contributed by atoms with van der Waals surface area (Å²) in [7, 11) is 0. The van der Waals surface area contributed by atoms with Crippen molar-refractivity contribution in [1.82, 2.24) is 4.90 Å². The molecule has 2 saturated heterocycles. The number of amides is 2. The maximum absolute atomic E-state index is 13.9. The highest BCUT2D eigenvalue weighted by molar-refractivity contribution is 6.24. The Morgan fingerprint density at radius 2 is 1.40 bits per heavy atom. The second-order valence-electron chi connectivity index (χ2n) is 9.18. The fourth-order valence-corrected chi connectivity index (χ4v) is 5.73. The van der Waals surface area contributed by atoms with E-state index in [0.717, 1.165) is 11.1 Å². The molecule has 3 heterocycles. The highest BCUT2D eigenvalue weighted by atomic mass is 16.2. The van der Waals surface area contributed by atoms with E-state index in [2.05, 4.69) is 0 Å². The predicted molar refractivity (Wildman–Crippen MR) is 131 cm³/mol. The van der Waals surface area contributed by atoms with Crippen LogP contribution in [0.2, 0.25) is 0 Å². The van der Waals surface area contributed by atoms with E-state index in [-0.39, 0.29) is 23.4 Å². The van der Waals surface area contributed by atoms with Gasteiger partial charge in [0.25, 0.3) is 0 Å². The number of nitrogens with zero attached hydrogens (tertiary/aromatic N) is 2. The summed E-state index contributed by atoms with van der Waals surface area (Å²) in [6.07, 6.45) is 3.79. The number of carbonyl (C=O) groups excluding carboxylic acids is 4. The van der Waals surface area contributed by atoms with E-state index >= 15 is 0 Å². The molecule has 3 aromatic carbocycles. The summed E-state index contributed by atoms with van der Waals surface area (Å²) in [5.41, 5.74) is 3.33. The summed E-state index contributed by atoms with van der Waals surface area (Å²) in [4.78, 5) is 56.3. The molecule has 0 spiro atoms. The number of benzene rings is 3. The fourth-order valence-electron chi connectivity index (χ4n) is 5.73. The monoisotopic (exact) mass is 462 g/mol. The largest absolute Gasteiger partial charge is 0.358 e. The summed E-state index contributed by atoms with van der Waals surface area (Å²) in [6, 6.07) is 21.9. The van der Waals surface area contributed by atoms with Crippen LogP contribution in [-0.4, -0.2) is 34.3 Å². The van der Waals surface area contributed by atoms with Crippen molar-refractivity contribution in [2.45, 2.75) is 19.0 Å². The van der Waals surface area contributed by atoms with Crippen LogP contribution in [0, 0.1) is 11.8 Å². The summed E-state index contributed by atoms with van der Waals surface area (Å²) in [6.45, 7) is 1.47. The van der Waals surface area contributed by atoms with Crippen LogP contribution < -0.4 is 4.90 Å². The normalized spacial score (nSPS) is 24.3. The second-order valence-corrected chi connectivity index (χ2v) is 9.18. The van der Waals surface area contributed by atoms with Gasteiger partial charge in [-0.05, 0) is 48.4 Å². The summed E-state index contributed by atoms with van der Waals surface area (Å²) in [5.74, 6) is -2.49. The van der Waals surface area contributed by atoms with Gasteiger partial charge in [0.2, 0.25) is 11.8 Å². The van der Waals surface area contributed by atoms with Gasteiger partial charge in [-0.2, -0.15) is 0 Å². The highest BCUT2D eigenvalue weighted by Crippen LogP contribution is 2.53. The summed E-state index contributed by atoms with van der Waals surface area (Å²) in [5, 5.41) is 0. The average Bonchev–Trinajstić information content (AvgIpc) is 3.36. The number of rotatable bonds is 4. The molecule has 3 aromatic rings. The molecule has 2 fully saturated rings. The van der Waals surface area contributed by atoms with Crippen molar-refractivity contribution >= 4 is 35.1 Å². The Labute approximate surface area is 202 Å². The van der Waals surface area contributed by atoms with Crippen LogP contribution in [0.15, 0.2) is 85.1 Å². The Balaban J connectivity index is 1.47. The second kappa shape index (κ2) is 7.87. The Morgan fingerprint density at radius 3 is 2.11 bits per heavy atom. The molecule has 0 aliphatic carbocycles. The molecule has 3 aliphatic rings. The van der Waals surface area contributed by atoms with Crippen LogP contribution in [0.25, 0.3) is 6.08 Å². The van der Waals surface area contributed by atoms with E-state index < -0.39 is 23.9 Å². The first kappa shape index (κ1) is 21.2.